The van der Waals surface area contributed by atoms with E-state index in [-0.39, 0.29) is 0 Å². The van der Waals surface area contributed by atoms with E-state index in [1.165, 1.54) is 23.3 Å². The first-order chi connectivity index (χ1) is 8.22. The van der Waals surface area contributed by atoms with Gasteiger partial charge in [0.15, 0.2) is 0 Å². The van der Waals surface area contributed by atoms with E-state index < -0.39 is 0 Å². The monoisotopic (exact) mass is 253 g/mol. The Kier molecular flexibility index (Phi) is 6.45. The molecule has 0 spiro atoms. The molecule has 17 heavy (non-hydrogen) atoms. The van der Waals surface area contributed by atoms with E-state index in [4.69, 9.17) is 4.74 Å². The molecule has 3 heteroatoms. The van der Waals surface area contributed by atoms with E-state index in [1.54, 1.807) is 7.11 Å². The Morgan fingerprint density at radius 3 is 2.76 bits per heavy atom. The molecule has 1 aromatic rings. The van der Waals surface area contributed by atoms with E-state index in [1.807, 2.05) is 18.8 Å². The van der Waals surface area contributed by atoms with Gasteiger partial charge >= 0.3 is 0 Å². The quantitative estimate of drug-likeness (QED) is 0.750. The summed E-state index contributed by atoms with van der Waals surface area (Å²) in [7, 11) is 3.73. The summed E-state index contributed by atoms with van der Waals surface area (Å²) >= 11 is 1.96. The first kappa shape index (κ1) is 14.4. The van der Waals surface area contributed by atoms with Gasteiger partial charge in [0, 0.05) is 17.4 Å². The van der Waals surface area contributed by atoms with Crippen LogP contribution in [-0.2, 0) is 5.75 Å². The first-order valence-corrected chi connectivity index (χ1v) is 7.30. The van der Waals surface area contributed by atoms with Crippen molar-refractivity contribution in [2.75, 3.05) is 19.9 Å². The van der Waals surface area contributed by atoms with Crippen molar-refractivity contribution < 1.29 is 4.74 Å². The maximum absolute atomic E-state index is 5.41. The summed E-state index contributed by atoms with van der Waals surface area (Å²) in [5.74, 6) is 3.23. The highest BCUT2D eigenvalue weighted by molar-refractivity contribution is 7.98. The minimum atomic E-state index is 0.385. The summed E-state index contributed by atoms with van der Waals surface area (Å²) < 4.78 is 5.41. The lowest BCUT2D eigenvalue weighted by Crippen LogP contribution is -2.12. The van der Waals surface area contributed by atoms with Crippen molar-refractivity contribution in [1.82, 2.24) is 5.32 Å². The Bertz CT molecular complexity index is 341. The normalized spacial score (nSPS) is 12.5. The van der Waals surface area contributed by atoms with Crippen molar-refractivity contribution in [2.45, 2.75) is 32.1 Å². The maximum Gasteiger partial charge on any atom is 0.122 e. The number of hydrogen-bond acceptors (Lipinski definition) is 3. The number of thioether (sulfide) groups is 1. The van der Waals surface area contributed by atoms with Crippen molar-refractivity contribution in [3.8, 4) is 5.75 Å². The van der Waals surface area contributed by atoms with Crippen molar-refractivity contribution in [3.05, 3.63) is 29.3 Å². The minimum Gasteiger partial charge on any atom is -0.496 e. The van der Waals surface area contributed by atoms with Crippen molar-refractivity contribution in [2.24, 2.45) is 0 Å². The summed E-state index contributed by atoms with van der Waals surface area (Å²) in [5, 5.41) is 3.27. The van der Waals surface area contributed by atoms with Gasteiger partial charge < -0.3 is 10.1 Å². The van der Waals surface area contributed by atoms with Crippen LogP contribution < -0.4 is 10.1 Å². The van der Waals surface area contributed by atoms with Gasteiger partial charge in [-0.1, -0.05) is 13.0 Å². The summed E-state index contributed by atoms with van der Waals surface area (Å²) in [4.78, 5) is 0. The molecule has 1 atom stereocenters. The molecule has 0 aliphatic rings. The topological polar surface area (TPSA) is 21.3 Å². The van der Waals surface area contributed by atoms with Gasteiger partial charge in [0.05, 0.1) is 7.11 Å². The molecule has 0 heterocycles. The van der Waals surface area contributed by atoms with Gasteiger partial charge in [0.2, 0.25) is 0 Å². The molecular weight excluding hydrogens is 230 g/mol. The number of nitrogens with one attached hydrogen (secondary N) is 1. The molecule has 0 saturated carbocycles. The molecule has 1 N–H and O–H groups in total. The summed E-state index contributed by atoms with van der Waals surface area (Å²) in [6.45, 7) is 4.38. The number of benzene rings is 1. The predicted octanol–water partition coefficient (Wildman–Crippen LogP) is 3.62. The van der Waals surface area contributed by atoms with Crippen molar-refractivity contribution >= 4 is 11.8 Å². The average molecular weight is 253 g/mol. The van der Waals surface area contributed by atoms with E-state index in [2.05, 4.69) is 37.4 Å². The molecule has 0 fully saturated rings. The second kappa shape index (κ2) is 7.62. The van der Waals surface area contributed by atoms with Crippen LogP contribution in [0.5, 0.6) is 5.75 Å². The zero-order valence-corrected chi connectivity index (χ0v) is 12.1. The Morgan fingerprint density at radius 2 is 2.18 bits per heavy atom. The molecular formula is C14H23NOS. The molecule has 2 nitrogen and oxygen atoms in total. The number of methoxy groups -OCH3 is 1. The van der Waals surface area contributed by atoms with Gasteiger partial charge in [-0.3, -0.25) is 0 Å². The van der Waals surface area contributed by atoms with Crippen LogP contribution in [0.25, 0.3) is 0 Å². The van der Waals surface area contributed by atoms with E-state index in [0.717, 1.165) is 11.5 Å². The highest BCUT2D eigenvalue weighted by Crippen LogP contribution is 2.27. The number of rotatable bonds is 7. The molecule has 0 aliphatic heterocycles. The second-order valence-corrected chi connectivity index (χ2v) is 5.24. The molecule has 1 unspecified atom stereocenters. The van der Waals surface area contributed by atoms with Crippen LogP contribution in [0, 0.1) is 0 Å². The van der Waals surface area contributed by atoms with Gasteiger partial charge in [-0.15, -0.1) is 0 Å². The van der Waals surface area contributed by atoms with Crippen LogP contribution in [0.1, 0.15) is 37.4 Å². The zero-order valence-electron chi connectivity index (χ0n) is 11.2. The molecule has 0 bridgehead atoms. The average Bonchev–Trinajstić information content (AvgIpc) is 2.38. The number of ether oxygens (including phenoxy) is 1. The predicted molar refractivity (Wildman–Crippen MR) is 76.9 cm³/mol. The fourth-order valence-electron chi connectivity index (χ4n) is 1.67. The van der Waals surface area contributed by atoms with Gasteiger partial charge in [-0.2, -0.15) is 11.8 Å². The van der Waals surface area contributed by atoms with Crippen LogP contribution in [-0.4, -0.2) is 19.9 Å². The SMILES string of the molecule is CCCSCc1cc(C(C)NC)ccc1OC. The largest absolute Gasteiger partial charge is 0.496 e. The Labute approximate surface area is 109 Å². The van der Waals surface area contributed by atoms with E-state index in [9.17, 15) is 0 Å². The Balaban J connectivity index is 2.82. The smallest absolute Gasteiger partial charge is 0.122 e. The molecule has 1 aromatic carbocycles. The Hall–Kier alpha value is -0.670. The fourth-order valence-corrected chi connectivity index (χ4v) is 2.55. The lowest BCUT2D eigenvalue weighted by atomic mass is 10.1. The lowest BCUT2D eigenvalue weighted by Gasteiger charge is -2.14. The van der Waals surface area contributed by atoms with Crippen LogP contribution in [0.3, 0.4) is 0 Å². The molecule has 0 saturated heterocycles. The summed E-state index contributed by atoms with van der Waals surface area (Å²) in [6.07, 6.45) is 1.22. The fraction of sp³-hybridized carbons (Fsp3) is 0.571. The summed E-state index contributed by atoms with van der Waals surface area (Å²) in [6, 6.07) is 6.85. The molecule has 0 aromatic heterocycles. The van der Waals surface area contributed by atoms with Crippen LogP contribution >= 0.6 is 11.8 Å². The Morgan fingerprint density at radius 1 is 1.41 bits per heavy atom. The molecule has 0 radical (unpaired) electrons. The third-order valence-corrected chi connectivity index (χ3v) is 4.06. The van der Waals surface area contributed by atoms with Gasteiger partial charge in [0.1, 0.15) is 5.75 Å². The second-order valence-electron chi connectivity index (χ2n) is 4.13. The molecule has 96 valence electrons. The molecule has 0 aliphatic carbocycles. The zero-order chi connectivity index (χ0) is 12.7. The van der Waals surface area contributed by atoms with Crippen LogP contribution in [0.2, 0.25) is 0 Å². The maximum atomic E-state index is 5.41. The molecule has 0 amide bonds. The van der Waals surface area contributed by atoms with Crippen LogP contribution in [0.4, 0.5) is 0 Å². The minimum absolute atomic E-state index is 0.385. The van der Waals surface area contributed by atoms with Crippen molar-refractivity contribution in [1.29, 1.82) is 0 Å². The third kappa shape index (κ3) is 4.25. The number of hydrogen-bond donors (Lipinski definition) is 1. The van der Waals surface area contributed by atoms with Crippen molar-refractivity contribution in [3.63, 3.8) is 0 Å². The lowest BCUT2D eigenvalue weighted by molar-refractivity contribution is 0.411. The van der Waals surface area contributed by atoms with E-state index >= 15 is 0 Å². The third-order valence-electron chi connectivity index (χ3n) is 2.84. The standard InChI is InChI=1S/C14H23NOS/c1-5-8-17-10-13-9-12(11(2)15-3)6-7-14(13)16-4/h6-7,9,11,15H,5,8,10H2,1-4H3. The molecule has 1 rings (SSSR count). The van der Waals surface area contributed by atoms with E-state index in [0.29, 0.717) is 6.04 Å². The summed E-state index contributed by atoms with van der Waals surface area (Å²) in [5.41, 5.74) is 2.62. The highest BCUT2D eigenvalue weighted by Gasteiger charge is 2.08. The highest BCUT2D eigenvalue weighted by atomic mass is 32.2. The van der Waals surface area contributed by atoms with Gasteiger partial charge in [-0.05, 0) is 43.8 Å². The first-order valence-electron chi connectivity index (χ1n) is 6.14. The van der Waals surface area contributed by atoms with Gasteiger partial charge in [0.25, 0.3) is 0 Å². The van der Waals surface area contributed by atoms with Crippen LogP contribution in [0.15, 0.2) is 18.2 Å². The van der Waals surface area contributed by atoms with Gasteiger partial charge in [-0.25, -0.2) is 0 Å².